The Morgan fingerprint density at radius 3 is 2.82 bits per heavy atom. The lowest BCUT2D eigenvalue weighted by molar-refractivity contribution is -0.130. The largest absolute Gasteiger partial charge is 0.484 e. The third-order valence-electron chi connectivity index (χ3n) is 6.00. The molecule has 1 aliphatic carbocycles. The van der Waals surface area contributed by atoms with E-state index in [9.17, 15) is 9.70 Å². The molecule has 1 amide bonds. The minimum atomic E-state index is -0.254. The molecule has 0 radical (unpaired) electrons. The van der Waals surface area contributed by atoms with Gasteiger partial charge in [-0.1, -0.05) is 11.2 Å². The molecule has 9 nitrogen and oxygen atoms in total. The first-order valence-electron chi connectivity index (χ1n) is 11.0. The summed E-state index contributed by atoms with van der Waals surface area (Å²) in [7, 11) is 3.39. The highest BCUT2D eigenvalue weighted by Crippen LogP contribution is 2.37. The Labute approximate surface area is 196 Å². The van der Waals surface area contributed by atoms with Crippen molar-refractivity contribution in [2.24, 2.45) is 5.18 Å². The van der Waals surface area contributed by atoms with E-state index < -0.39 is 0 Å². The number of carbonyl (C=O) groups is 1. The van der Waals surface area contributed by atoms with E-state index in [4.69, 9.17) is 9.72 Å². The number of nitrogens with one attached hydrogen (secondary N) is 1. The third-order valence-corrected chi connectivity index (χ3v) is 6.00. The Morgan fingerprint density at radius 2 is 2.06 bits per heavy atom. The molecule has 1 aliphatic rings. The van der Waals surface area contributed by atoms with Crippen molar-refractivity contribution in [3.8, 4) is 17.0 Å². The number of fused-ring (bicyclic) bond motifs is 2. The van der Waals surface area contributed by atoms with Gasteiger partial charge in [-0.15, -0.1) is 0 Å². The van der Waals surface area contributed by atoms with Crippen molar-refractivity contribution in [2.75, 3.05) is 26.0 Å². The zero-order chi connectivity index (χ0) is 23.7. The van der Waals surface area contributed by atoms with E-state index in [1.165, 1.54) is 4.90 Å². The molecular weight excluding hydrogens is 432 g/mol. The lowest BCUT2D eigenvalue weighted by Gasteiger charge is -2.12. The van der Waals surface area contributed by atoms with Crippen LogP contribution in [0.25, 0.3) is 16.9 Å². The first-order valence-corrected chi connectivity index (χ1v) is 11.0. The maximum atomic E-state index is 11.8. The smallest absolute Gasteiger partial charge is 0.259 e. The van der Waals surface area contributed by atoms with Gasteiger partial charge in [-0.05, 0) is 60.4 Å². The highest BCUT2D eigenvalue weighted by molar-refractivity contribution is 5.80. The molecule has 0 saturated heterocycles. The molecule has 9 heteroatoms. The zero-order valence-corrected chi connectivity index (χ0v) is 18.9. The summed E-state index contributed by atoms with van der Waals surface area (Å²) in [4.78, 5) is 33.3. The van der Waals surface area contributed by atoms with Gasteiger partial charge in [0.25, 0.3) is 5.91 Å². The van der Waals surface area contributed by atoms with Crippen LogP contribution in [-0.4, -0.2) is 45.9 Å². The zero-order valence-electron chi connectivity index (χ0n) is 18.9. The second-order valence-corrected chi connectivity index (χ2v) is 8.41. The Bertz CT molecular complexity index is 1360. The summed E-state index contributed by atoms with van der Waals surface area (Å²) >= 11 is 0. The van der Waals surface area contributed by atoms with Gasteiger partial charge in [0.1, 0.15) is 23.3 Å². The van der Waals surface area contributed by atoms with Crippen molar-refractivity contribution in [1.82, 2.24) is 19.3 Å². The van der Waals surface area contributed by atoms with Gasteiger partial charge in [0, 0.05) is 37.7 Å². The van der Waals surface area contributed by atoms with Crippen molar-refractivity contribution in [1.29, 1.82) is 0 Å². The number of likely N-dealkylation sites (N-methyl/N-ethyl adjacent to an activating group) is 1. The summed E-state index contributed by atoms with van der Waals surface area (Å²) in [5, 5.41) is 6.75. The van der Waals surface area contributed by atoms with Crippen LogP contribution in [-0.2, 0) is 11.2 Å². The van der Waals surface area contributed by atoms with Crippen molar-refractivity contribution in [2.45, 2.75) is 18.9 Å². The summed E-state index contributed by atoms with van der Waals surface area (Å²) in [6.45, 7) is -0.0159. The molecule has 0 aliphatic heterocycles. The molecule has 0 spiro atoms. The van der Waals surface area contributed by atoms with Crippen LogP contribution < -0.4 is 10.1 Å². The molecule has 5 rings (SSSR count). The lowest BCUT2D eigenvalue weighted by Crippen LogP contribution is -2.27. The fourth-order valence-electron chi connectivity index (χ4n) is 4.13. The number of ether oxygens (including phenoxy) is 1. The van der Waals surface area contributed by atoms with E-state index in [2.05, 4.69) is 21.5 Å². The van der Waals surface area contributed by atoms with E-state index in [1.54, 1.807) is 26.5 Å². The van der Waals surface area contributed by atoms with E-state index in [1.807, 2.05) is 47.0 Å². The van der Waals surface area contributed by atoms with Crippen LogP contribution in [0.4, 0.5) is 11.5 Å². The molecule has 1 atom stereocenters. The van der Waals surface area contributed by atoms with Crippen LogP contribution in [0.3, 0.4) is 0 Å². The van der Waals surface area contributed by atoms with Crippen LogP contribution in [0.15, 0.2) is 66.2 Å². The van der Waals surface area contributed by atoms with Crippen LogP contribution in [0.2, 0.25) is 0 Å². The van der Waals surface area contributed by atoms with Crippen LogP contribution in [0.1, 0.15) is 23.6 Å². The first kappa shape index (κ1) is 21.6. The number of nitroso groups, excluding NO2 is 1. The Morgan fingerprint density at radius 1 is 1.24 bits per heavy atom. The summed E-state index contributed by atoms with van der Waals surface area (Å²) in [6.07, 6.45) is 6.87. The van der Waals surface area contributed by atoms with Gasteiger partial charge in [0.05, 0.1) is 6.20 Å². The number of carbonyl (C=O) groups excluding carboxylic acids is 1. The van der Waals surface area contributed by atoms with Gasteiger partial charge in [0.2, 0.25) is 0 Å². The second-order valence-electron chi connectivity index (χ2n) is 8.41. The topological polar surface area (TPSA) is 101 Å². The summed E-state index contributed by atoms with van der Waals surface area (Å²) in [5.41, 5.74) is 5.42. The maximum Gasteiger partial charge on any atom is 0.259 e. The standard InChI is InChI=1S/C25H24N6O3/c1-30(2)23(32)15-34-19-7-3-16(4-8-19)24-25(31-12-11-26-14-22(31)28-24)27-18-6-9-20-17(13-18)5-10-21(20)29-33/h3-4,6-9,11-14,21,27H,5,10,15H2,1-2H3. The fraction of sp³-hybridized carbons (Fsp3) is 0.240. The summed E-state index contributed by atoms with van der Waals surface area (Å²) in [5.74, 6) is 1.31. The Balaban J connectivity index is 1.45. The second kappa shape index (κ2) is 8.93. The molecule has 0 fully saturated rings. The number of nitrogens with zero attached hydrogens (tertiary/aromatic N) is 5. The fourth-order valence-corrected chi connectivity index (χ4v) is 4.13. The van der Waals surface area contributed by atoms with Crippen LogP contribution in [0, 0.1) is 4.91 Å². The minimum Gasteiger partial charge on any atom is -0.484 e. The number of hydrogen-bond donors (Lipinski definition) is 1. The Hall–Kier alpha value is -4.27. The summed E-state index contributed by atoms with van der Waals surface area (Å²) in [6, 6.07) is 13.2. The average Bonchev–Trinajstić information content (AvgIpc) is 3.44. The highest BCUT2D eigenvalue weighted by Gasteiger charge is 2.23. The van der Waals surface area contributed by atoms with Crippen molar-refractivity contribution >= 4 is 23.1 Å². The van der Waals surface area contributed by atoms with Gasteiger partial charge < -0.3 is 15.0 Å². The predicted octanol–water partition coefficient (Wildman–Crippen LogP) is 4.36. The van der Waals surface area contributed by atoms with Gasteiger partial charge in [-0.3, -0.25) is 14.2 Å². The molecule has 2 aromatic carbocycles. The number of aryl methyl sites for hydroxylation is 1. The van der Waals surface area contributed by atoms with Crippen LogP contribution >= 0.6 is 0 Å². The average molecular weight is 457 g/mol. The molecule has 2 aromatic heterocycles. The lowest BCUT2D eigenvalue weighted by atomic mass is 10.1. The van der Waals surface area contributed by atoms with Crippen molar-refractivity contribution in [3.63, 3.8) is 0 Å². The van der Waals surface area contributed by atoms with Gasteiger partial charge in [-0.25, -0.2) is 4.98 Å². The predicted molar refractivity (Wildman–Crippen MR) is 129 cm³/mol. The monoisotopic (exact) mass is 456 g/mol. The normalized spacial score (nSPS) is 14.6. The molecule has 2 heterocycles. The SMILES string of the molecule is CN(C)C(=O)COc1ccc(-c2nc3cnccn3c2Nc2ccc3c(c2)CCC3N=O)cc1. The van der Waals surface area contributed by atoms with E-state index in [0.29, 0.717) is 11.4 Å². The number of benzene rings is 2. The number of rotatable bonds is 7. The molecular formula is C25H24N6O3. The number of hydrogen-bond acceptors (Lipinski definition) is 7. The molecule has 4 aromatic rings. The van der Waals surface area contributed by atoms with Gasteiger partial charge in [0.15, 0.2) is 12.3 Å². The summed E-state index contributed by atoms with van der Waals surface area (Å²) < 4.78 is 7.54. The number of imidazole rings is 1. The van der Waals surface area contributed by atoms with E-state index in [0.717, 1.165) is 46.7 Å². The molecule has 0 saturated carbocycles. The molecule has 34 heavy (non-hydrogen) atoms. The molecule has 172 valence electrons. The molecule has 1 unspecified atom stereocenters. The van der Waals surface area contributed by atoms with Gasteiger partial charge in [-0.2, -0.15) is 4.91 Å². The maximum absolute atomic E-state index is 11.8. The molecule has 1 N–H and O–H groups in total. The van der Waals surface area contributed by atoms with Crippen molar-refractivity contribution in [3.05, 3.63) is 77.1 Å². The quantitative estimate of drug-likeness (QED) is 0.415. The van der Waals surface area contributed by atoms with Crippen LogP contribution in [0.5, 0.6) is 5.75 Å². The number of anilines is 2. The number of aromatic nitrogens is 3. The van der Waals surface area contributed by atoms with Gasteiger partial charge >= 0.3 is 0 Å². The van der Waals surface area contributed by atoms with Crippen molar-refractivity contribution < 1.29 is 9.53 Å². The minimum absolute atomic E-state index is 0.0159. The first-order chi connectivity index (χ1) is 16.5. The molecule has 0 bridgehead atoms. The highest BCUT2D eigenvalue weighted by atomic mass is 16.5. The Kier molecular flexibility index (Phi) is 5.67. The van der Waals surface area contributed by atoms with E-state index >= 15 is 0 Å². The third kappa shape index (κ3) is 4.07. The van der Waals surface area contributed by atoms with E-state index in [-0.39, 0.29) is 18.6 Å². The number of amides is 1.